The summed E-state index contributed by atoms with van der Waals surface area (Å²) in [5.41, 5.74) is 1.33. The van der Waals surface area contributed by atoms with Gasteiger partial charge in [-0.05, 0) is 37.1 Å². The Balaban J connectivity index is 2.11. The van der Waals surface area contributed by atoms with Gasteiger partial charge in [-0.2, -0.15) is 0 Å². The maximum absolute atomic E-state index is 5.98. The Morgan fingerprint density at radius 2 is 1.93 bits per heavy atom. The molecule has 78 valence electrons. The smallest absolute Gasteiger partial charge is 0.0483 e. The zero-order chi connectivity index (χ0) is 10.3. The van der Waals surface area contributed by atoms with E-state index < -0.39 is 0 Å². The van der Waals surface area contributed by atoms with E-state index in [0.29, 0.717) is 6.04 Å². The summed E-state index contributed by atoms with van der Waals surface area (Å²) < 4.78 is 2.42. The Labute approximate surface area is 94.7 Å². The van der Waals surface area contributed by atoms with E-state index in [0.717, 1.165) is 5.02 Å². The molecule has 0 unspecified atom stereocenters. The molecule has 15 heavy (non-hydrogen) atoms. The number of fused-ring (bicyclic) bond motifs is 1. The van der Waals surface area contributed by atoms with Gasteiger partial charge < -0.3 is 4.57 Å². The van der Waals surface area contributed by atoms with Crippen LogP contribution in [0.2, 0.25) is 5.02 Å². The molecule has 1 aliphatic rings. The highest BCUT2D eigenvalue weighted by Gasteiger charge is 2.17. The molecule has 1 aliphatic carbocycles. The van der Waals surface area contributed by atoms with Gasteiger partial charge in [-0.15, -0.1) is 0 Å². The molecule has 0 N–H and O–H groups in total. The lowest BCUT2D eigenvalue weighted by Crippen LogP contribution is -2.02. The highest BCUT2D eigenvalue weighted by Crippen LogP contribution is 2.33. The third-order valence-corrected chi connectivity index (χ3v) is 3.64. The molecule has 1 aromatic carbocycles. The lowest BCUT2D eigenvalue weighted by molar-refractivity contribution is 0.536. The first kappa shape index (κ1) is 9.29. The Kier molecular flexibility index (Phi) is 2.21. The zero-order valence-corrected chi connectivity index (χ0v) is 9.37. The van der Waals surface area contributed by atoms with Crippen molar-refractivity contribution in [3.63, 3.8) is 0 Å². The SMILES string of the molecule is Clc1ccc2c(ccn2C2CCCC2)c1. The number of hydrogen-bond donors (Lipinski definition) is 0. The van der Waals surface area contributed by atoms with E-state index in [1.807, 2.05) is 12.1 Å². The molecule has 3 rings (SSSR count). The normalized spacial score (nSPS) is 17.7. The van der Waals surface area contributed by atoms with Gasteiger partial charge in [0.1, 0.15) is 0 Å². The molecule has 0 atom stereocenters. The van der Waals surface area contributed by atoms with Gasteiger partial charge in [-0.25, -0.2) is 0 Å². The van der Waals surface area contributed by atoms with E-state index in [9.17, 15) is 0 Å². The molecule has 1 fully saturated rings. The third kappa shape index (κ3) is 1.55. The van der Waals surface area contributed by atoms with Gasteiger partial charge in [0, 0.05) is 28.2 Å². The minimum atomic E-state index is 0.712. The van der Waals surface area contributed by atoms with Crippen molar-refractivity contribution in [1.82, 2.24) is 4.57 Å². The van der Waals surface area contributed by atoms with Crippen LogP contribution >= 0.6 is 11.6 Å². The number of aromatic nitrogens is 1. The molecule has 2 heteroatoms. The molecule has 0 saturated heterocycles. The molecule has 1 aromatic heterocycles. The second-order valence-electron chi connectivity index (χ2n) is 4.36. The number of halogens is 1. The van der Waals surface area contributed by atoms with Crippen LogP contribution in [0.3, 0.4) is 0 Å². The van der Waals surface area contributed by atoms with Crippen LogP contribution in [0.4, 0.5) is 0 Å². The fourth-order valence-electron chi connectivity index (χ4n) is 2.64. The van der Waals surface area contributed by atoms with Crippen molar-refractivity contribution in [3.8, 4) is 0 Å². The van der Waals surface area contributed by atoms with Gasteiger partial charge in [0.25, 0.3) is 0 Å². The maximum Gasteiger partial charge on any atom is 0.0483 e. The van der Waals surface area contributed by atoms with E-state index >= 15 is 0 Å². The van der Waals surface area contributed by atoms with Crippen LogP contribution in [-0.2, 0) is 0 Å². The molecular weight excluding hydrogens is 206 g/mol. The van der Waals surface area contributed by atoms with Crippen molar-refractivity contribution in [3.05, 3.63) is 35.5 Å². The second kappa shape index (κ2) is 3.57. The molecule has 0 radical (unpaired) electrons. The van der Waals surface area contributed by atoms with E-state index in [-0.39, 0.29) is 0 Å². The molecule has 0 amide bonds. The summed E-state index contributed by atoms with van der Waals surface area (Å²) in [7, 11) is 0. The number of hydrogen-bond acceptors (Lipinski definition) is 0. The van der Waals surface area contributed by atoms with Crippen LogP contribution in [-0.4, -0.2) is 4.57 Å². The Morgan fingerprint density at radius 1 is 1.13 bits per heavy atom. The Bertz CT molecular complexity index is 480. The number of nitrogens with zero attached hydrogens (tertiary/aromatic N) is 1. The molecule has 0 aliphatic heterocycles. The topological polar surface area (TPSA) is 4.93 Å². The molecule has 1 saturated carbocycles. The number of benzene rings is 1. The van der Waals surface area contributed by atoms with Gasteiger partial charge in [-0.3, -0.25) is 0 Å². The monoisotopic (exact) mass is 219 g/mol. The van der Waals surface area contributed by atoms with Crippen molar-refractivity contribution in [2.24, 2.45) is 0 Å². The quantitative estimate of drug-likeness (QED) is 0.670. The highest BCUT2D eigenvalue weighted by atomic mass is 35.5. The van der Waals surface area contributed by atoms with Crippen LogP contribution in [0.5, 0.6) is 0 Å². The first-order valence-corrected chi connectivity index (χ1v) is 5.98. The predicted molar refractivity (Wildman–Crippen MR) is 64.5 cm³/mol. The lowest BCUT2D eigenvalue weighted by atomic mass is 10.2. The zero-order valence-electron chi connectivity index (χ0n) is 8.62. The average molecular weight is 220 g/mol. The first-order chi connectivity index (χ1) is 7.34. The Morgan fingerprint density at radius 3 is 2.73 bits per heavy atom. The van der Waals surface area contributed by atoms with Crippen LogP contribution in [0.1, 0.15) is 31.7 Å². The van der Waals surface area contributed by atoms with Crippen molar-refractivity contribution >= 4 is 22.5 Å². The van der Waals surface area contributed by atoms with Crippen LogP contribution in [0.15, 0.2) is 30.5 Å². The highest BCUT2D eigenvalue weighted by molar-refractivity contribution is 6.31. The van der Waals surface area contributed by atoms with Crippen LogP contribution in [0.25, 0.3) is 10.9 Å². The van der Waals surface area contributed by atoms with Crippen molar-refractivity contribution in [2.45, 2.75) is 31.7 Å². The van der Waals surface area contributed by atoms with Gasteiger partial charge in [-0.1, -0.05) is 24.4 Å². The first-order valence-electron chi connectivity index (χ1n) is 5.61. The summed E-state index contributed by atoms with van der Waals surface area (Å²) in [5.74, 6) is 0. The Hall–Kier alpha value is -0.950. The summed E-state index contributed by atoms with van der Waals surface area (Å²) in [6.45, 7) is 0. The fourth-order valence-corrected chi connectivity index (χ4v) is 2.82. The minimum Gasteiger partial charge on any atom is -0.344 e. The standard InChI is InChI=1S/C13H14ClN/c14-11-5-6-13-10(9-11)7-8-15(13)12-3-1-2-4-12/h5-9,12H,1-4H2. The van der Waals surface area contributed by atoms with Gasteiger partial charge >= 0.3 is 0 Å². The summed E-state index contributed by atoms with van der Waals surface area (Å²) in [6.07, 6.45) is 7.60. The van der Waals surface area contributed by atoms with Crippen molar-refractivity contribution in [1.29, 1.82) is 0 Å². The predicted octanol–water partition coefficient (Wildman–Crippen LogP) is 4.41. The summed E-state index contributed by atoms with van der Waals surface area (Å²) in [5, 5.41) is 2.08. The van der Waals surface area contributed by atoms with Crippen molar-refractivity contribution in [2.75, 3.05) is 0 Å². The molecule has 0 spiro atoms. The van der Waals surface area contributed by atoms with E-state index in [1.165, 1.54) is 36.6 Å². The average Bonchev–Trinajstić information content (AvgIpc) is 2.82. The molecular formula is C13H14ClN. The minimum absolute atomic E-state index is 0.712. The molecule has 1 heterocycles. The van der Waals surface area contributed by atoms with Crippen molar-refractivity contribution < 1.29 is 0 Å². The summed E-state index contributed by atoms with van der Waals surface area (Å²) in [4.78, 5) is 0. The summed E-state index contributed by atoms with van der Waals surface area (Å²) >= 11 is 5.98. The van der Waals surface area contributed by atoms with E-state index in [1.54, 1.807) is 0 Å². The van der Waals surface area contributed by atoms with E-state index in [2.05, 4.69) is 22.9 Å². The van der Waals surface area contributed by atoms with E-state index in [4.69, 9.17) is 11.6 Å². The molecule has 0 bridgehead atoms. The van der Waals surface area contributed by atoms with Gasteiger partial charge in [0.05, 0.1) is 0 Å². The summed E-state index contributed by atoms with van der Waals surface area (Å²) in [6, 6.07) is 9.04. The number of rotatable bonds is 1. The fraction of sp³-hybridized carbons (Fsp3) is 0.385. The maximum atomic E-state index is 5.98. The van der Waals surface area contributed by atoms with Crippen LogP contribution in [0, 0.1) is 0 Å². The van der Waals surface area contributed by atoms with Crippen LogP contribution < -0.4 is 0 Å². The van der Waals surface area contributed by atoms with Gasteiger partial charge in [0.2, 0.25) is 0 Å². The van der Waals surface area contributed by atoms with Gasteiger partial charge in [0.15, 0.2) is 0 Å². The second-order valence-corrected chi connectivity index (χ2v) is 4.80. The molecule has 1 nitrogen and oxygen atoms in total. The lowest BCUT2D eigenvalue weighted by Gasteiger charge is -2.13. The molecule has 2 aromatic rings. The largest absolute Gasteiger partial charge is 0.344 e. The third-order valence-electron chi connectivity index (χ3n) is 3.40.